The Morgan fingerprint density at radius 2 is 1.39 bits per heavy atom. The molecule has 0 aromatic carbocycles. The molecule has 8 heteroatoms. The van der Waals surface area contributed by atoms with Crippen molar-refractivity contribution in [3.05, 3.63) is 0 Å². The number of hydrogen-bond donors (Lipinski definition) is 4. The molecular weight excluding hydrogens is 236 g/mol. The molecule has 0 aliphatic rings. The zero-order chi connectivity index (χ0) is 14.3. The van der Waals surface area contributed by atoms with E-state index in [4.69, 9.17) is 23.2 Å². The Balaban J connectivity index is 3.93. The molecule has 0 radical (unpaired) electrons. The Kier molecular flexibility index (Phi) is 6.42. The lowest BCUT2D eigenvalue weighted by molar-refractivity contribution is 0.185. The Morgan fingerprint density at radius 3 is 1.83 bits per heavy atom. The van der Waals surface area contributed by atoms with Gasteiger partial charge in [-0.05, 0) is 24.7 Å². The van der Waals surface area contributed by atoms with Crippen molar-refractivity contribution in [1.82, 2.24) is 10.0 Å². The first-order chi connectivity index (χ1) is 8.15. The van der Waals surface area contributed by atoms with Gasteiger partial charge < -0.3 is 11.5 Å². The number of amides is 4. The first kappa shape index (κ1) is 16.5. The molecule has 8 N–H and O–H groups in total. The van der Waals surface area contributed by atoms with E-state index in [2.05, 4.69) is 0 Å². The molecule has 4 amide bonds. The van der Waals surface area contributed by atoms with Gasteiger partial charge >= 0.3 is 12.1 Å². The summed E-state index contributed by atoms with van der Waals surface area (Å²) in [5.41, 5.74) is 10.0. The second-order valence-electron chi connectivity index (χ2n) is 5.08. The fourth-order valence-electron chi connectivity index (χ4n) is 1.50. The zero-order valence-corrected chi connectivity index (χ0v) is 11.1. The van der Waals surface area contributed by atoms with Gasteiger partial charge in [0.15, 0.2) is 0 Å². The molecule has 18 heavy (non-hydrogen) atoms. The lowest BCUT2D eigenvalue weighted by Crippen LogP contribution is -2.43. The van der Waals surface area contributed by atoms with Crippen molar-refractivity contribution in [2.24, 2.45) is 28.6 Å². The van der Waals surface area contributed by atoms with Crippen LogP contribution in [0.1, 0.15) is 33.1 Å². The van der Waals surface area contributed by atoms with E-state index in [1.165, 1.54) is 0 Å². The van der Waals surface area contributed by atoms with Crippen LogP contribution in [-0.2, 0) is 0 Å². The average Bonchev–Trinajstić information content (AvgIpc) is 2.25. The maximum absolute atomic E-state index is 10.7. The summed E-state index contributed by atoms with van der Waals surface area (Å²) in [5.74, 6) is 10.8. The summed E-state index contributed by atoms with van der Waals surface area (Å²) in [6, 6.07) is -1.29. The van der Waals surface area contributed by atoms with Crippen LogP contribution in [0.5, 0.6) is 0 Å². The van der Waals surface area contributed by atoms with Gasteiger partial charge in [0.2, 0.25) is 0 Å². The highest BCUT2D eigenvalue weighted by atomic mass is 16.2. The smallest absolute Gasteiger partial charge is 0.328 e. The highest BCUT2D eigenvalue weighted by Gasteiger charge is 2.19. The standard InChI is InChI=1S/C10H24N6O2/c1-10(2,5-7-16(14)9(12)18)4-3-6-15(13)8(11)17/h3-7,13-14H2,1-2H3,(H2,11,17)(H2,12,18). The normalized spacial score (nSPS) is 11.1. The molecule has 0 saturated heterocycles. The third-order valence-electron chi connectivity index (χ3n) is 2.85. The quantitative estimate of drug-likeness (QED) is 0.282. The Bertz CT molecular complexity index is 294. The van der Waals surface area contributed by atoms with E-state index in [1.807, 2.05) is 13.8 Å². The second kappa shape index (κ2) is 7.02. The fraction of sp³-hybridized carbons (Fsp3) is 0.800. The van der Waals surface area contributed by atoms with E-state index in [1.54, 1.807) is 0 Å². The molecule has 8 nitrogen and oxygen atoms in total. The van der Waals surface area contributed by atoms with Crippen molar-refractivity contribution >= 4 is 12.1 Å². The summed E-state index contributed by atoms with van der Waals surface area (Å²) >= 11 is 0. The zero-order valence-electron chi connectivity index (χ0n) is 11.1. The van der Waals surface area contributed by atoms with Crippen molar-refractivity contribution in [2.45, 2.75) is 33.1 Å². The van der Waals surface area contributed by atoms with Gasteiger partial charge in [0.05, 0.1) is 0 Å². The molecule has 0 saturated carbocycles. The third kappa shape index (κ3) is 6.92. The van der Waals surface area contributed by atoms with Crippen molar-refractivity contribution < 1.29 is 9.59 Å². The van der Waals surface area contributed by atoms with E-state index in [9.17, 15) is 9.59 Å². The minimum absolute atomic E-state index is 0.0223. The van der Waals surface area contributed by atoms with Crippen LogP contribution in [0.4, 0.5) is 9.59 Å². The van der Waals surface area contributed by atoms with Crippen LogP contribution in [-0.4, -0.2) is 35.2 Å². The summed E-state index contributed by atoms with van der Waals surface area (Å²) in [6.07, 6.45) is 2.28. The number of rotatable bonds is 7. The maximum atomic E-state index is 10.7. The van der Waals surface area contributed by atoms with Gasteiger partial charge in [-0.2, -0.15) is 0 Å². The van der Waals surface area contributed by atoms with Crippen LogP contribution in [0.25, 0.3) is 0 Å². The van der Waals surface area contributed by atoms with E-state index in [0.717, 1.165) is 22.9 Å². The molecule has 0 heterocycles. The average molecular weight is 260 g/mol. The highest BCUT2D eigenvalue weighted by molar-refractivity contribution is 5.71. The van der Waals surface area contributed by atoms with E-state index in [-0.39, 0.29) is 5.41 Å². The molecule has 0 aromatic heterocycles. The van der Waals surface area contributed by atoms with Gasteiger partial charge in [0.25, 0.3) is 0 Å². The van der Waals surface area contributed by atoms with Crippen molar-refractivity contribution in [3.8, 4) is 0 Å². The minimum Gasteiger partial charge on any atom is -0.350 e. The monoisotopic (exact) mass is 260 g/mol. The lowest BCUT2D eigenvalue weighted by Gasteiger charge is -2.27. The predicted octanol–water partition coefficient (Wildman–Crippen LogP) is -0.308. The number of nitrogens with zero attached hydrogens (tertiary/aromatic N) is 2. The van der Waals surface area contributed by atoms with Crippen LogP contribution < -0.4 is 23.2 Å². The molecule has 0 aliphatic carbocycles. The molecule has 0 aliphatic heterocycles. The summed E-state index contributed by atoms with van der Waals surface area (Å²) < 4.78 is 0. The first-order valence-electron chi connectivity index (χ1n) is 5.79. The van der Waals surface area contributed by atoms with E-state index >= 15 is 0 Å². The summed E-state index contributed by atoms with van der Waals surface area (Å²) in [5, 5.41) is 1.97. The summed E-state index contributed by atoms with van der Waals surface area (Å²) in [6.45, 7) is 4.89. The summed E-state index contributed by atoms with van der Waals surface area (Å²) in [7, 11) is 0. The number of nitrogens with two attached hydrogens (primary N) is 4. The molecule has 0 unspecified atom stereocenters. The van der Waals surface area contributed by atoms with Gasteiger partial charge in [0.1, 0.15) is 0 Å². The van der Waals surface area contributed by atoms with Gasteiger partial charge in [-0.3, -0.25) is 10.0 Å². The van der Waals surface area contributed by atoms with Crippen LogP contribution in [0.3, 0.4) is 0 Å². The SMILES string of the molecule is CC(C)(CCCN(N)C(N)=O)CCN(N)C(N)=O. The van der Waals surface area contributed by atoms with E-state index < -0.39 is 12.1 Å². The Hall–Kier alpha value is -1.54. The fourth-order valence-corrected chi connectivity index (χ4v) is 1.50. The van der Waals surface area contributed by atoms with Gasteiger partial charge in [-0.15, -0.1) is 0 Å². The van der Waals surface area contributed by atoms with Crippen LogP contribution in [0, 0.1) is 5.41 Å². The van der Waals surface area contributed by atoms with Crippen molar-refractivity contribution in [3.63, 3.8) is 0 Å². The minimum atomic E-state index is -0.646. The molecular formula is C10H24N6O2. The number of hydrogen-bond acceptors (Lipinski definition) is 4. The third-order valence-corrected chi connectivity index (χ3v) is 2.85. The molecule has 0 fully saturated rings. The Morgan fingerprint density at radius 1 is 0.944 bits per heavy atom. The topological polar surface area (TPSA) is 145 Å². The largest absolute Gasteiger partial charge is 0.350 e. The second-order valence-corrected chi connectivity index (χ2v) is 5.08. The number of urea groups is 2. The van der Waals surface area contributed by atoms with Crippen LogP contribution >= 0.6 is 0 Å². The number of carbonyl (C=O) groups excluding carboxylic acids is 2. The molecule has 0 rings (SSSR count). The van der Waals surface area contributed by atoms with Gasteiger partial charge in [0, 0.05) is 13.1 Å². The van der Waals surface area contributed by atoms with E-state index in [0.29, 0.717) is 19.5 Å². The molecule has 0 atom stereocenters. The highest BCUT2D eigenvalue weighted by Crippen LogP contribution is 2.26. The number of primary amides is 2. The maximum Gasteiger partial charge on any atom is 0.328 e. The molecule has 106 valence electrons. The van der Waals surface area contributed by atoms with Crippen LogP contribution in [0.2, 0.25) is 0 Å². The lowest BCUT2D eigenvalue weighted by atomic mass is 9.84. The molecule has 0 bridgehead atoms. The van der Waals surface area contributed by atoms with Gasteiger partial charge in [-0.25, -0.2) is 21.3 Å². The summed E-state index contributed by atoms with van der Waals surface area (Å²) in [4.78, 5) is 21.4. The Labute approximate surface area is 107 Å². The van der Waals surface area contributed by atoms with Crippen molar-refractivity contribution in [2.75, 3.05) is 13.1 Å². The van der Waals surface area contributed by atoms with Crippen molar-refractivity contribution in [1.29, 1.82) is 0 Å². The number of hydrazine groups is 2. The van der Waals surface area contributed by atoms with Gasteiger partial charge in [-0.1, -0.05) is 13.8 Å². The molecule has 0 aromatic rings. The number of carbonyl (C=O) groups is 2. The van der Waals surface area contributed by atoms with Crippen LogP contribution in [0.15, 0.2) is 0 Å². The predicted molar refractivity (Wildman–Crippen MR) is 68.6 cm³/mol. The first-order valence-corrected chi connectivity index (χ1v) is 5.79. The molecule has 0 spiro atoms.